The molecule has 0 bridgehead atoms. The van der Waals surface area contributed by atoms with Crippen molar-refractivity contribution in [2.24, 2.45) is 0 Å². The highest BCUT2D eigenvalue weighted by molar-refractivity contribution is 5.31. The van der Waals surface area contributed by atoms with E-state index < -0.39 is 30.4 Å². The fourth-order valence-corrected chi connectivity index (χ4v) is 2.76. The average molecular weight is 402 g/mol. The van der Waals surface area contributed by atoms with E-state index in [1.54, 1.807) is 12.1 Å². The summed E-state index contributed by atoms with van der Waals surface area (Å²) in [6.07, 6.45) is -0.779. The van der Waals surface area contributed by atoms with Crippen LogP contribution in [0.3, 0.4) is 0 Å². The van der Waals surface area contributed by atoms with Crippen LogP contribution in [0.15, 0.2) is 42.5 Å². The Labute approximate surface area is 161 Å². The monoisotopic (exact) mass is 402 g/mol. The van der Waals surface area contributed by atoms with Crippen LogP contribution in [0.4, 0.5) is 22.0 Å². The van der Waals surface area contributed by atoms with Gasteiger partial charge in [0.15, 0.2) is 11.6 Å². The Hall–Kier alpha value is -2.15. The van der Waals surface area contributed by atoms with Crippen molar-refractivity contribution in [3.05, 3.63) is 65.0 Å². The summed E-state index contributed by atoms with van der Waals surface area (Å²) < 4.78 is 75.9. The number of aryl methyl sites for hydroxylation is 1. The lowest BCUT2D eigenvalue weighted by molar-refractivity contribution is -0.272. The Bertz CT molecular complexity index is 747. The third-order valence-corrected chi connectivity index (χ3v) is 4.33. The van der Waals surface area contributed by atoms with Crippen molar-refractivity contribution in [3.8, 4) is 5.75 Å². The first-order chi connectivity index (χ1) is 13.2. The number of hydrogen-bond donors (Lipinski definition) is 0. The molecule has 0 aliphatic carbocycles. The Morgan fingerprint density at radius 1 is 1.00 bits per heavy atom. The lowest BCUT2D eigenvalue weighted by Crippen LogP contribution is -2.20. The van der Waals surface area contributed by atoms with E-state index in [4.69, 9.17) is 4.74 Å². The van der Waals surface area contributed by atoms with Crippen LogP contribution in [-0.2, 0) is 17.3 Å². The average Bonchev–Trinajstić information content (AvgIpc) is 2.63. The molecular weight excluding hydrogens is 379 g/mol. The molecule has 0 N–H and O–H groups in total. The number of rotatable bonds is 10. The highest BCUT2D eigenvalue weighted by Gasteiger charge is 2.35. The number of hydrogen-bond acceptors (Lipinski definition) is 2. The molecule has 154 valence electrons. The first-order valence-electron chi connectivity index (χ1n) is 9.12. The van der Waals surface area contributed by atoms with Gasteiger partial charge in [0.2, 0.25) is 0 Å². The summed E-state index contributed by atoms with van der Waals surface area (Å²) in [5.41, 5.74) is 0.740. The molecule has 0 aliphatic heterocycles. The van der Waals surface area contributed by atoms with Gasteiger partial charge in [0, 0.05) is 0 Å². The number of alkyl halides is 4. The highest BCUT2D eigenvalue weighted by Crippen LogP contribution is 2.36. The second kappa shape index (κ2) is 9.87. The molecule has 28 heavy (non-hydrogen) atoms. The molecule has 0 aliphatic rings. The molecule has 1 atom stereocenters. The van der Waals surface area contributed by atoms with Crippen molar-refractivity contribution in [2.75, 3.05) is 0 Å². The van der Waals surface area contributed by atoms with Gasteiger partial charge in [0.1, 0.15) is 0 Å². The van der Waals surface area contributed by atoms with Gasteiger partial charge < -0.3 is 9.47 Å². The smallest absolute Gasteiger partial charge is 0.387 e. The van der Waals surface area contributed by atoms with Gasteiger partial charge in [-0.25, -0.2) is 4.39 Å². The van der Waals surface area contributed by atoms with Gasteiger partial charge in [0.25, 0.3) is 0 Å². The van der Waals surface area contributed by atoms with E-state index in [9.17, 15) is 22.0 Å². The standard InChI is InChI=1S/C21H23F5O2/c1-3-4-5-6-15-7-10-17(11-8-15)21(25,26)28-14(2)16-9-12-19(18(22)13-16)27-20(23)24/h7-14,20H,3-6H2,1-2H3. The van der Waals surface area contributed by atoms with Crippen molar-refractivity contribution in [1.82, 2.24) is 0 Å². The third kappa shape index (κ3) is 6.19. The van der Waals surface area contributed by atoms with E-state index >= 15 is 0 Å². The lowest BCUT2D eigenvalue weighted by Gasteiger charge is -2.23. The van der Waals surface area contributed by atoms with Gasteiger partial charge in [-0.2, -0.15) is 17.6 Å². The van der Waals surface area contributed by atoms with Crippen LogP contribution in [-0.4, -0.2) is 6.61 Å². The molecular formula is C21H23F5O2. The maximum absolute atomic E-state index is 14.4. The Morgan fingerprint density at radius 2 is 1.68 bits per heavy atom. The zero-order chi connectivity index (χ0) is 20.7. The largest absolute Gasteiger partial charge is 0.432 e. The Balaban J connectivity index is 2.05. The third-order valence-electron chi connectivity index (χ3n) is 4.33. The molecule has 0 radical (unpaired) electrons. The minimum absolute atomic E-state index is 0.0787. The van der Waals surface area contributed by atoms with Crippen LogP contribution in [0.2, 0.25) is 0 Å². The molecule has 0 aromatic heterocycles. The molecule has 0 spiro atoms. The van der Waals surface area contributed by atoms with Gasteiger partial charge in [0.05, 0.1) is 11.7 Å². The minimum atomic E-state index is -3.59. The van der Waals surface area contributed by atoms with Crippen molar-refractivity contribution in [3.63, 3.8) is 0 Å². The quantitative estimate of drug-likeness (QED) is 0.315. The number of unbranched alkanes of at least 4 members (excludes halogenated alkanes) is 2. The number of ether oxygens (including phenoxy) is 2. The van der Waals surface area contributed by atoms with Gasteiger partial charge in [-0.1, -0.05) is 50.1 Å². The summed E-state index contributed by atoms with van der Waals surface area (Å²) in [5.74, 6) is -1.73. The van der Waals surface area contributed by atoms with E-state index in [2.05, 4.69) is 11.7 Å². The second-order valence-electron chi connectivity index (χ2n) is 6.50. The van der Waals surface area contributed by atoms with Gasteiger partial charge in [-0.3, -0.25) is 0 Å². The maximum atomic E-state index is 14.4. The number of halogens is 5. The fraction of sp³-hybridized carbons (Fsp3) is 0.429. The van der Waals surface area contributed by atoms with Crippen molar-refractivity contribution >= 4 is 0 Å². The highest BCUT2D eigenvalue weighted by atomic mass is 19.3. The SMILES string of the molecule is CCCCCc1ccc(C(F)(F)OC(C)c2ccc(OC(F)F)c(F)c2)cc1. The van der Waals surface area contributed by atoms with E-state index in [1.807, 2.05) is 0 Å². The van der Waals surface area contributed by atoms with E-state index in [0.29, 0.717) is 0 Å². The van der Waals surface area contributed by atoms with Crippen molar-refractivity contribution in [2.45, 2.75) is 58.4 Å². The predicted molar refractivity (Wildman–Crippen MR) is 96.1 cm³/mol. The van der Waals surface area contributed by atoms with Gasteiger partial charge in [-0.15, -0.1) is 0 Å². The van der Waals surface area contributed by atoms with Crippen LogP contribution in [0, 0.1) is 5.82 Å². The predicted octanol–water partition coefficient (Wildman–Crippen LogP) is 6.99. The molecule has 0 saturated carbocycles. The van der Waals surface area contributed by atoms with E-state index in [-0.39, 0.29) is 11.1 Å². The second-order valence-corrected chi connectivity index (χ2v) is 6.50. The Morgan fingerprint density at radius 3 is 2.25 bits per heavy atom. The van der Waals surface area contributed by atoms with Crippen LogP contribution in [0.1, 0.15) is 55.9 Å². The molecule has 0 fully saturated rings. The van der Waals surface area contributed by atoms with Gasteiger partial charge >= 0.3 is 12.7 Å². The molecule has 0 heterocycles. The van der Waals surface area contributed by atoms with E-state index in [1.165, 1.54) is 25.1 Å². The van der Waals surface area contributed by atoms with Crippen molar-refractivity contribution < 1.29 is 31.4 Å². The van der Waals surface area contributed by atoms with Crippen LogP contribution in [0.25, 0.3) is 0 Å². The van der Waals surface area contributed by atoms with E-state index in [0.717, 1.165) is 43.4 Å². The van der Waals surface area contributed by atoms with Crippen LogP contribution >= 0.6 is 0 Å². The summed E-state index contributed by atoms with van der Waals surface area (Å²) in [6, 6.07) is 8.92. The first kappa shape index (κ1) is 22.1. The molecule has 7 heteroatoms. The molecule has 0 saturated heterocycles. The molecule has 2 aromatic rings. The summed E-state index contributed by atoms with van der Waals surface area (Å²) >= 11 is 0. The zero-order valence-corrected chi connectivity index (χ0v) is 15.7. The lowest BCUT2D eigenvalue weighted by atomic mass is 10.0. The summed E-state index contributed by atoms with van der Waals surface area (Å²) in [4.78, 5) is 0. The molecule has 0 amide bonds. The van der Waals surface area contributed by atoms with Crippen LogP contribution in [0.5, 0.6) is 5.75 Å². The zero-order valence-electron chi connectivity index (χ0n) is 15.7. The number of benzene rings is 2. The summed E-state index contributed by atoms with van der Waals surface area (Å²) in [7, 11) is 0. The molecule has 2 aromatic carbocycles. The Kier molecular flexibility index (Phi) is 7.80. The van der Waals surface area contributed by atoms with Crippen LogP contribution < -0.4 is 4.74 Å². The fourth-order valence-electron chi connectivity index (χ4n) is 2.76. The van der Waals surface area contributed by atoms with Gasteiger partial charge in [-0.05, 0) is 43.0 Å². The van der Waals surface area contributed by atoms with Crippen molar-refractivity contribution in [1.29, 1.82) is 0 Å². The normalized spacial score (nSPS) is 13.0. The minimum Gasteiger partial charge on any atom is -0.432 e. The summed E-state index contributed by atoms with van der Waals surface area (Å²) in [5, 5.41) is 0. The molecule has 2 rings (SSSR count). The summed E-state index contributed by atoms with van der Waals surface area (Å²) in [6.45, 7) is 0.242. The molecule has 2 nitrogen and oxygen atoms in total. The molecule has 1 unspecified atom stereocenters. The first-order valence-corrected chi connectivity index (χ1v) is 9.12. The maximum Gasteiger partial charge on any atom is 0.387 e. The topological polar surface area (TPSA) is 18.5 Å².